The number of hydrogen-bond acceptors (Lipinski definition) is 13. The number of carboxylic acid groups (broad SMARTS) is 1. The molecule has 2 aromatic rings. The Labute approximate surface area is 269 Å². The van der Waals surface area contributed by atoms with Gasteiger partial charge in [-0.15, -0.1) is 0 Å². The maximum absolute atomic E-state index is 14.6. The number of ether oxygens (including phenoxy) is 3. The van der Waals surface area contributed by atoms with Gasteiger partial charge >= 0.3 is 5.97 Å². The highest BCUT2D eigenvalue weighted by Gasteiger charge is 2.63. The van der Waals surface area contributed by atoms with Crippen molar-refractivity contribution in [3.05, 3.63) is 39.9 Å². The van der Waals surface area contributed by atoms with Crippen molar-refractivity contribution in [3.8, 4) is 0 Å². The summed E-state index contributed by atoms with van der Waals surface area (Å²) in [5, 5.41) is 49.9. The first kappa shape index (κ1) is 33.8. The summed E-state index contributed by atoms with van der Waals surface area (Å²) in [4.78, 5) is 37.9. The molecule has 258 valence electrons. The van der Waals surface area contributed by atoms with Crippen molar-refractivity contribution in [2.75, 3.05) is 45.2 Å². The number of carboxylic acids is 1. The molecule has 0 unspecified atom stereocenters. The standard InChI is InChI=1S/C17H18FN3O3.C14H24N2O7/c18-13-7-11-14(8-15(13)20-5-3-19-4-6-20)21(10-1-2-10)9-12(16(11)22)17(23)24;1-5-4-6(17)14(20)13(21-5)22-12-10(19)7(15-2)9(18)8(16-3)11(12)23-14/h7-10,19H,1-6H2,(H,23,24);5,7-13,15-16,18-20H,4H2,1-3H3/t;5-,7-,8+,9+,10+,11-,12-,13+,14+/m.1/s1. The smallest absolute Gasteiger partial charge is 0.341 e. The molecule has 47 heavy (non-hydrogen) atoms. The maximum atomic E-state index is 14.6. The van der Waals surface area contributed by atoms with E-state index in [-0.39, 0.29) is 23.4 Å². The number of aliphatic hydroxyl groups excluding tert-OH is 2. The van der Waals surface area contributed by atoms with Crippen LogP contribution in [0.2, 0.25) is 0 Å². The van der Waals surface area contributed by atoms with Gasteiger partial charge in [0.15, 0.2) is 5.78 Å². The number of hydrogen-bond donors (Lipinski definition) is 7. The molecule has 0 spiro atoms. The second-order valence-corrected chi connectivity index (χ2v) is 12.8. The van der Waals surface area contributed by atoms with Gasteiger partial charge in [0.2, 0.25) is 11.7 Å². The fourth-order valence-corrected chi connectivity index (χ4v) is 7.00. The predicted octanol–water partition coefficient (Wildman–Crippen LogP) is -1.34. The van der Waals surface area contributed by atoms with Crippen LogP contribution in [0.1, 0.15) is 42.6 Å². The third kappa shape index (κ3) is 6.06. The van der Waals surface area contributed by atoms with Crippen LogP contribution in [0, 0.1) is 5.82 Å². The first-order chi connectivity index (χ1) is 22.4. The zero-order valence-electron chi connectivity index (χ0n) is 26.4. The van der Waals surface area contributed by atoms with Crippen LogP contribution < -0.4 is 26.3 Å². The van der Waals surface area contributed by atoms with Crippen LogP contribution in [-0.2, 0) is 19.0 Å². The van der Waals surface area contributed by atoms with E-state index in [0.717, 1.165) is 25.9 Å². The molecule has 9 atom stereocenters. The van der Waals surface area contributed by atoms with Crippen LogP contribution in [0.3, 0.4) is 0 Å². The highest BCUT2D eigenvalue weighted by atomic mass is 19.1. The molecule has 3 saturated heterocycles. The van der Waals surface area contributed by atoms with Crippen molar-refractivity contribution < 1.29 is 48.6 Å². The summed E-state index contributed by atoms with van der Waals surface area (Å²) >= 11 is 0. The fraction of sp³-hybridized carbons (Fsp3) is 0.645. The Balaban J connectivity index is 0.000000165. The lowest BCUT2D eigenvalue weighted by atomic mass is 9.80. The number of benzene rings is 1. The molecule has 2 aliphatic carbocycles. The molecule has 7 N–H and O–H groups in total. The number of aliphatic hydroxyl groups is 3. The number of likely N-dealkylation sites (N-methyl/N-ethyl adjacent to an activating group) is 2. The van der Waals surface area contributed by atoms with Gasteiger partial charge in [0.1, 0.15) is 29.7 Å². The molecule has 4 heterocycles. The molecule has 5 aliphatic rings. The molecule has 3 aliphatic heterocycles. The number of aromatic nitrogens is 1. The van der Waals surface area contributed by atoms with E-state index in [4.69, 9.17) is 14.2 Å². The lowest BCUT2D eigenvalue weighted by Crippen LogP contribution is -2.77. The Bertz CT molecular complexity index is 1580. The highest BCUT2D eigenvalue weighted by molar-refractivity contribution is 5.93. The Morgan fingerprint density at radius 1 is 1.04 bits per heavy atom. The lowest BCUT2D eigenvalue weighted by molar-refractivity contribution is -0.420. The Hall–Kier alpha value is -3.06. The average Bonchev–Trinajstić information content (AvgIpc) is 3.88. The second kappa shape index (κ2) is 13.1. The zero-order chi connectivity index (χ0) is 33.8. The van der Waals surface area contributed by atoms with E-state index in [1.807, 2.05) is 9.47 Å². The van der Waals surface area contributed by atoms with Crippen molar-refractivity contribution in [1.82, 2.24) is 20.5 Å². The molecular weight excluding hydrogens is 621 g/mol. The molecule has 0 amide bonds. The van der Waals surface area contributed by atoms with Crippen LogP contribution in [0.25, 0.3) is 10.9 Å². The first-order valence-electron chi connectivity index (χ1n) is 15.9. The predicted molar refractivity (Wildman–Crippen MR) is 165 cm³/mol. The molecule has 15 nitrogen and oxygen atoms in total. The van der Waals surface area contributed by atoms with E-state index in [1.54, 1.807) is 27.1 Å². The third-order valence-electron chi connectivity index (χ3n) is 9.66. The summed E-state index contributed by atoms with van der Waals surface area (Å²) in [6, 6.07) is 1.78. The minimum absolute atomic E-state index is 0.00220. The van der Waals surface area contributed by atoms with E-state index < -0.39 is 77.7 Å². The van der Waals surface area contributed by atoms with Gasteiger partial charge in [0, 0.05) is 50.2 Å². The number of carbonyl (C=O) groups excluding carboxylic acids is 1. The largest absolute Gasteiger partial charge is 0.477 e. The number of halogens is 1. The highest BCUT2D eigenvalue weighted by Crippen LogP contribution is 2.41. The number of nitrogens with zero attached hydrogens (tertiary/aromatic N) is 2. The van der Waals surface area contributed by atoms with Gasteiger partial charge in [-0.1, -0.05) is 0 Å². The maximum Gasteiger partial charge on any atom is 0.341 e. The summed E-state index contributed by atoms with van der Waals surface area (Å²) in [6.45, 7) is 4.66. The first-order valence-corrected chi connectivity index (χ1v) is 15.9. The number of aromatic carboxylic acids is 1. The molecule has 0 radical (unpaired) electrons. The van der Waals surface area contributed by atoms with Crippen LogP contribution in [0.5, 0.6) is 0 Å². The average molecular weight is 664 g/mol. The van der Waals surface area contributed by atoms with E-state index in [9.17, 15) is 39.2 Å². The minimum atomic E-state index is -2.23. The Kier molecular flexibility index (Phi) is 9.43. The molecule has 1 aromatic carbocycles. The van der Waals surface area contributed by atoms with Gasteiger partial charge in [-0.3, -0.25) is 9.59 Å². The van der Waals surface area contributed by atoms with Gasteiger partial charge in [-0.05, 0) is 46.0 Å². The number of nitrogens with one attached hydrogen (secondary N) is 3. The summed E-state index contributed by atoms with van der Waals surface area (Å²) in [5.41, 5.74) is 0.159. The number of rotatable bonds is 5. The van der Waals surface area contributed by atoms with Gasteiger partial charge in [0.05, 0.1) is 35.5 Å². The van der Waals surface area contributed by atoms with Crippen LogP contribution in [0.4, 0.5) is 10.1 Å². The monoisotopic (exact) mass is 663 g/mol. The topological polar surface area (TPSA) is 204 Å². The van der Waals surface area contributed by atoms with Crippen molar-refractivity contribution in [1.29, 1.82) is 0 Å². The summed E-state index contributed by atoms with van der Waals surface area (Å²) in [7, 11) is 3.24. The third-order valence-corrected chi connectivity index (χ3v) is 9.66. The molecule has 16 heteroatoms. The van der Waals surface area contributed by atoms with Gasteiger partial charge in [-0.25, -0.2) is 9.18 Å². The van der Waals surface area contributed by atoms with Gasteiger partial charge in [-0.2, -0.15) is 0 Å². The molecule has 2 saturated carbocycles. The normalized spacial score (nSPS) is 35.5. The van der Waals surface area contributed by atoms with E-state index in [0.29, 0.717) is 24.3 Å². The SMILES string of the molecule is CN[C@@H]1[C@H](O)[C@H](NC)[C@H]2O[C@@]3(O)C(=O)C[C@@H](C)O[C@H]3O[C@@H]2[C@H]1O.O=C(O)c1cn(C2CC2)c2cc(N3CCNCC3)c(F)cc2c1=O. The zero-order valence-corrected chi connectivity index (χ0v) is 26.4. The van der Waals surface area contributed by atoms with Crippen LogP contribution >= 0.6 is 0 Å². The van der Waals surface area contributed by atoms with Crippen LogP contribution in [-0.4, -0.2) is 132 Å². The van der Waals surface area contributed by atoms with Gasteiger partial charge in [0.25, 0.3) is 5.79 Å². The minimum Gasteiger partial charge on any atom is -0.477 e. The van der Waals surface area contributed by atoms with Crippen molar-refractivity contribution in [3.63, 3.8) is 0 Å². The molecule has 5 fully saturated rings. The molecule has 1 aromatic heterocycles. The summed E-state index contributed by atoms with van der Waals surface area (Å²) in [6.07, 6.45) is -2.29. The van der Waals surface area contributed by atoms with Crippen LogP contribution in [0.15, 0.2) is 23.1 Å². The van der Waals surface area contributed by atoms with E-state index in [2.05, 4.69) is 16.0 Å². The summed E-state index contributed by atoms with van der Waals surface area (Å²) < 4.78 is 33.3. The number of ketones is 1. The number of piperazine rings is 1. The van der Waals surface area contributed by atoms with E-state index >= 15 is 0 Å². The number of anilines is 1. The van der Waals surface area contributed by atoms with Crippen molar-refractivity contribution in [2.45, 2.75) is 86.9 Å². The number of pyridine rings is 1. The summed E-state index contributed by atoms with van der Waals surface area (Å²) in [5.74, 6) is -4.52. The quantitative estimate of drug-likeness (QED) is 0.198. The molecule has 7 rings (SSSR count). The van der Waals surface area contributed by atoms with Crippen molar-refractivity contribution >= 4 is 28.3 Å². The molecular formula is C31H42FN5O10. The van der Waals surface area contributed by atoms with Gasteiger partial charge < -0.3 is 60.1 Å². The number of carbonyl (C=O) groups is 2. The van der Waals surface area contributed by atoms with Crippen molar-refractivity contribution in [2.24, 2.45) is 0 Å². The molecule has 0 bridgehead atoms. The Morgan fingerprint density at radius 3 is 2.34 bits per heavy atom. The lowest BCUT2D eigenvalue weighted by Gasteiger charge is -2.55. The second-order valence-electron chi connectivity index (χ2n) is 12.8. The fourth-order valence-electron chi connectivity index (χ4n) is 7.00. The number of Topliss-reactive ketones (excluding diaryl/α,β-unsaturated/α-hetero) is 1. The number of fused-ring (bicyclic) bond motifs is 3. The Morgan fingerprint density at radius 2 is 1.72 bits per heavy atom. The van der Waals surface area contributed by atoms with E-state index in [1.165, 1.54) is 12.3 Å².